The second-order valence-corrected chi connectivity index (χ2v) is 4.15. The number of aliphatic hydroxyl groups excluding tert-OH is 1. The van der Waals surface area contributed by atoms with Crippen molar-refractivity contribution in [2.45, 2.75) is 25.2 Å². The molecule has 1 aliphatic rings. The normalized spacial score (nSPS) is 21.9. The van der Waals surface area contributed by atoms with Crippen LogP contribution in [0, 0.1) is 11.8 Å². The first kappa shape index (κ1) is 16.2. The van der Waals surface area contributed by atoms with Gasteiger partial charge >= 0.3 is 0 Å². The van der Waals surface area contributed by atoms with Gasteiger partial charge in [0.05, 0.1) is 19.3 Å². The van der Waals surface area contributed by atoms with Gasteiger partial charge in [-0.25, -0.2) is 0 Å². The first-order valence-electron chi connectivity index (χ1n) is 6.28. The number of carbonyl (C=O) groups excluding carboxylic acids is 2. The van der Waals surface area contributed by atoms with Gasteiger partial charge in [0.25, 0.3) is 5.91 Å². The van der Waals surface area contributed by atoms with Gasteiger partial charge in [0, 0.05) is 13.2 Å². The highest BCUT2D eigenvalue weighted by Crippen LogP contribution is 2.22. The Labute approximate surface area is 117 Å². The van der Waals surface area contributed by atoms with Gasteiger partial charge in [0.2, 0.25) is 6.41 Å². The molecule has 0 bridgehead atoms. The fourth-order valence-electron chi connectivity index (χ4n) is 1.80. The predicted octanol–water partition coefficient (Wildman–Crippen LogP) is -1.47. The van der Waals surface area contributed by atoms with E-state index >= 15 is 0 Å². The van der Waals surface area contributed by atoms with E-state index in [4.69, 9.17) is 15.6 Å². The molecule has 0 aromatic carbocycles. The standard InChI is InChI=1S/C13H19N3O4/c1-15-13(19)10(3-2-6-14)7-16(9-18)12-5-4-11(8-17)20-12/h7,9,11-12,17H,4-6,8,14H2,1H3,(H,15,19)/b10-7-. The summed E-state index contributed by atoms with van der Waals surface area (Å²) in [5.74, 6) is 4.77. The summed E-state index contributed by atoms with van der Waals surface area (Å²) in [7, 11) is 1.47. The third-order valence-corrected chi connectivity index (χ3v) is 2.82. The molecule has 0 aromatic heterocycles. The van der Waals surface area contributed by atoms with Crippen LogP contribution in [0.1, 0.15) is 12.8 Å². The zero-order chi connectivity index (χ0) is 15.0. The highest BCUT2D eigenvalue weighted by molar-refractivity contribution is 5.97. The zero-order valence-electron chi connectivity index (χ0n) is 11.3. The average molecular weight is 281 g/mol. The third-order valence-electron chi connectivity index (χ3n) is 2.82. The van der Waals surface area contributed by atoms with Crippen LogP contribution < -0.4 is 11.1 Å². The quantitative estimate of drug-likeness (QED) is 0.324. The molecule has 1 aliphatic heterocycles. The largest absolute Gasteiger partial charge is 0.394 e. The van der Waals surface area contributed by atoms with Crippen LogP contribution in [-0.2, 0) is 14.3 Å². The maximum atomic E-state index is 11.7. The molecule has 7 nitrogen and oxygen atoms in total. The van der Waals surface area contributed by atoms with E-state index in [9.17, 15) is 9.59 Å². The summed E-state index contributed by atoms with van der Waals surface area (Å²) >= 11 is 0. The molecule has 2 unspecified atom stereocenters. The van der Waals surface area contributed by atoms with Crippen LogP contribution in [0.2, 0.25) is 0 Å². The molecule has 0 spiro atoms. The maximum Gasteiger partial charge on any atom is 0.261 e. The van der Waals surface area contributed by atoms with Crippen LogP contribution in [0.25, 0.3) is 0 Å². The van der Waals surface area contributed by atoms with Crippen molar-refractivity contribution in [3.05, 3.63) is 11.8 Å². The number of likely N-dealkylation sites (N-methyl/N-ethyl adjacent to an activating group) is 1. The lowest BCUT2D eigenvalue weighted by Crippen LogP contribution is -2.32. The monoisotopic (exact) mass is 281 g/mol. The van der Waals surface area contributed by atoms with Crippen LogP contribution in [0.5, 0.6) is 0 Å². The summed E-state index contributed by atoms with van der Waals surface area (Å²) < 4.78 is 5.48. The van der Waals surface area contributed by atoms with Gasteiger partial charge in [-0.2, -0.15) is 0 Å². The van der Waals surface area contributed by atoms with E-state index < -0.39 is 12.1 Å². The van der Waals surface area contributed by atoms with Crippen LogP contribution in [0.3, 0.4) is 0 Å². The van der Waals surface area contributed by atoms with Crippen LogP contribution in [0.4, 0.5) is 0 Å². The van der Waals surface area contributed by atoms with Crippen molar-refractivity contribution in [3.63, 3.8) is 0 Å². The van der Waals surface area contributed by atoms with Gasteiger partial charge in [-0.1, -0.05) is 11.8 Å². The highest BCUT2D eigenvalue weighted by atomic mass is 16.5. The molecule has 1 heterocycles. The summed E-state index contributed by atoms with van der Waals surface area (Å²) in [4.78, 5) is 24.0. The first-order chi connectivity index (χ1) is 9.65. The number of hydrogen-bond acceptors (Lipinski definition) is 5. The number of aliphatic hydroxyl groups is 1. The van der Waals surface area contributed by atoms with Crippen LogP contribution >= 0.6 is 0 Å². The Bertz CT molecular complexity index is 439. The first-order valence-corrected chi connectivity index (χ1v) is 6.28. The molecule has 1 rings (SSSR count). The van der Waals surface area contributed by atoms with Gasteiger partial charge in [-0.15, -0.1) is 0 Å². The number of carbonyl (C=O) groups is 2. The minimum atomic E-state index is -0.496. The number of ether oxygens (including phenoxy) is 1. The highest BCUT2D eigenvalue weighted by Gasteiger charge is 2.28. The molecule has 1 saturated heterocycles. The lowest BCUT2D eigenvalue weighted by Gasteiger charge is -2.21. The van der Waals surface area contributed by atoms with E-state index in [1.165, 1.54) is 18.1 Å². The Balaban J connectivity index is 2.88. The Morgan fingerprint density at radius 3 is 2.85 bits per heavy atom. The van der Waals surface area contributed by atoms with E-state index in [1.807, 2.05) is 0 Å². The van der Waals surface area contributed by atoms with E-state index in [0.717, 1.165) is 0 Å². The molecule has 0 saturated carbocycles. The van der Waals surface area contributed by atoms with E-state index in [0.29, 0.717) is 19.3 Å². The lowest BCUT2D eigenvalue weighted by atomic mass is 10.2. The molecule has 110 valence electrons. The van der Waals surface area contributed by atoms with Crippen molar-refractivity contribution in [1.29, 1.82) is 0 Å². The summed E-state index contributed by atoms with van der Waals surface area (Å²) in [5, 5.41) is 11.5. The fraction of sp³-hybridized carbons (Fsp3) is 0.538. The summed E-state index contributed by atoms with van der Waals surface area (Å²) in [5.41, 5.74) is 5.40. The van der Waals surface area contributed by atoms with Crippen LogP contribution in [-0.4, -0.2) is 54.9 Å². The molecule has 0 aliphatic carbocycles. The van der Waals surface area contributed by atoms with E-state index in [2.05, 4.69) is 17.2 Å². The summed E-state index contributed by atoms with van der Waals surface area (Å²) in [6, 6.07) is 0. The summed E-state index contributed by atoms with van der Waals surface area (Å²) in [6.45, 7) is 0.0180. The molecule has 4 N–H and O–H groups in total. The minimum absolute atomic E-state index is 0.0950. The van der Waals surface area contributed by atoms with Crippen molar-refractivity contribution in [3.8, 4) is 11.8 Å². The molecule has 2 atom stereocenters. The number of hydrogen-bond donors (Lipinski definition) is 3. The van der Waals surface area contributed by atoms with Gasteiger partial charge in [0.1, 0.15) is 11.8 Å². The average Bonchev–Trinajstić information content (AvgIpc) is 2.95. The zero-order valence-corrected chi connectivity index (χ0v) is 11.3. The Kier molecular flexibility index (Phi) is 6.73. The lowest BCUT2D eigenvalue weighted by molar-refractivity contribution is -0.127. The number of nitrogens with one attached hydrogen (secondary N) is 1. The molecule has 2 amide bonds. The molecule has 7 heteroatoms. The maximum absolute atomic E-state index is 11.7. The molecule has 1 fully saturated rings. The Morgan fingerprint density at radius 2 is 2.35 bits per heavy atom. The SMILES string of the molecule is CNC(=O)/C(C#CCN)=C\N(C=O)C1CCC(CO)O1. The van der Waals surface area contributed by atoms with Crippen LogP contribution in [0.15, 0.2) is 11.8 Å². The van der Waals surface area contributed by atoms with E-state index in [-0.39, 0.29) is 24.8 Å². The van der Waals surface area contributed by atoms with Gasteiger partial charge in [-0.05, 0) is 12.8 Å². The predicted molar refractivity (Wildman–Crippen MR) is 71.9 cm³/mol. The van der Waals surface area contributed by atoms with Gasteiger partial charge in [-0.3, -0.25) is 14.5 Å². The van der Waals surface area contributed by atoms with Gasteiger partial charge < -0.3 is 20.9 Å². The molecule has 0 radical (unpaired) electrons. The Hall–Kier alpha value is -1.88. The smallest absolute Gasteiger partial charge is 0.261 e. The molecular weight excluding hydrogens is 262 g/mol. The second-order valence-electron chi connectivity index (χ2n) is 4.15. The fourth-order valence-corrected chi connectivity index (χ4v) is 1.80. The van der Waals surface area contributed by atoms with Crippen molar-refractivity contribution in [2.24, 2.45) is 5.73 Å². The number of nitrogens with two attached hydrogens (primary N) is 1. The number of rotatable bonds is 5. The van der Waals surface area contributed by atoms with Crippen molar-refractivity contribution < 1.29 is 19.4 Å². The Morgan fingerprint density at radius 1 is 1.60 bits per heavy atom. The third kappa shape index (κ3) is 4.35. The molecular formula is C13H19N3O4. The minimum Gasteiger partial charge on any atom is -0.394 e. The van der Waals surface area contributed by atoms with Crippen molar-refractivity contribution in [1.82, 2.24) is 10.2 Å². The second kappa shape index (κ2) is 8.32. The summed E-state index contributed by atoms with van der Waals surface area (Å²) in [6.07, 6.45) is 2.36. The van der Waals surface area contributed by atoms with E-state index in [1.54, 1.807) is 0 Å². The molecule has 20 heavy (non-hydrogen) atoms. The molecule has 0 aromatic rings. The van der Waals surface area contributed by atoms with Crippen molar-refractivity contribution >= 4 is 12.3 Å². The van der Waals surface area contributed by atoms with Gasteiger partial charge in [0.15, 0.2) is 0 Å². The van der Waals surface area contributed by atoms with Crippen molar-refractivity contribution in [2.75, 3.05) is 20.2 Å². The topological polar surface area (TPSA) is 105 Å². The number of nitrogens with zero attached hydrogens (tertiary/aromatic N) is 1. The number of amides is 2.